The van der Waals surface area contributed by atoms with Crippen LogP contribution >= 0.6 is 11.3 Å². The minimum atomic E-state index is 0.828. The van der Waals surface area contributed by atoms with Gasteiger partial charge in [-0.25, -0.2) is 0 Å². The zero-order valence-electron chi connectivity index (χ0n) is 11.6. The molecule has 3 heteroatoms. The number of rotatable bonds is 4. The molecule has 0 fully saturated rings. The van der Waals surface area contributed by atoms with Gasteiger partial charge >= 0.3 is 0 Å². The number of nitrogens with one attached hydrogen (secondary N) is 1. The molecule has 1 heterocycles. The molecule has 0 aliphatic heterocycles. The molecule has 102 valence electrons. The molecule has 0 bridgehead atoms. The van der Waals surface area contributed by atoms with Gasteiger partial charge in [-0.15, -0.1) is 11.3 Å². The van der Waals surface area contributed by atoms with E-state index in [0.29, 0.717) is 0 Å². The third kappa shape index (κ3) is 2.30. The van der Waals surface area contributed by atoms with E-state index in [1.54, 1.807) is 18.4 Å². The first kappa shape index (κ1) is 13.2. The fraction of sp³-hybridized carbons (Fsp3) is 0.176. The summed E-state index contributed by atoms with van der Waals surface area (Å²) < 4.78 is 6.68. The van der Waals surface area contributed by atoms with Crippen LogP contribution in [0.15, 0.2) is 47.8 Å². The zero-order valence-corrected chi connectivity index (χ0v) is 12.5. The van der Waals surface area contributed by atoms with Crippen molar-refractivity contribution in [3.8, 4) is 16.9 Å². The Balaban J connectivity index is 2.20. The summed E-state index contributed by atoms with van der Waals surface area (Å²) in [6.07, 6.45) is 0. The van der Waals surface area contributed by atoms with Crippen LogP contribution in [0.2, 0.25) is 0 Å². The number of hydrogen-bond donors (Lipinski definition) is 1. The van der Waals surface area contributed by atoms with Crippen molar-refractivity contribution in [2.24, 2.45) is 0 Å². The molecule has 2 aromatic carbocycles. The number of hydrogen-bond acceptors (Lipinski definition) is 3. The number of methoxy groups -OCH3 is 1. The summed E-state index contributed by atoms with van der Waals surface area (Å²) in [5, 5.41) is 6.69. The molecule has 0 aliphatic rings. The number of ether oxygens (including phenoxy) is 1. The highest BCUT2D eigenvalue weighted by molar-refractivity contribution is 7.17. The minimum Gasteiger partial charge on any atom is -0.497 e. The van der Waals surface area contributed by atoms with Gasteiger partial charge in [-0.3, -0.25) is 0 Å². The van der Waals surface area contributed by atoms with Crippen molar-refractivity contribution in [3.05, 3.63) is 53.4 Å². The third-order valence-electron chi connectivity index (χ3n) is 3.45. The van der Waals surface area contributed by atoms with Crippen molar-refractivity contribution in [2.45, 2.75) is 6.54 Å². The fourth-order valence-corrected chi connectivity index (χ4v) is 3.43. The summed E-state index contributed by atoms with van der Waals surface area (Å²) in [7, 11) is 3.67. The Kier molecular flexibility index (Phi) is 3.72. The molecule has 0 unspecified atom stereocenters. The lowest BCUT2D eigenvalue weighted by Crippen LogP contribution is -2.06. The lowest BCUT2D eigenvalue weighted by atomic mass is 9.98. The summed E-state index contributed by atoms with van der Waals surface area (Å²) in [6, 6.07) is 14.9. The van der Waals surface area contributed by atoms with Crippen LogP contribution in [-0.4, -0.2) is 14.2 Å². The van der Waals surface area contributed by atoms with Crippen LogP contribution in [0, 0.1) is 0 Å². The first-order valence-corrected chi connectivity index (χ1v) is 7.49. The molecule has 20 heavy (non-hydrogen) atoms. The van der Waals surface area contributed by atoms with Gasteiger partial charge < -0.3 is 10.1 Å². The van der Waals surface area contributed by atoms with E-state index >= 15 is 0 Å². The summed E-state index contributed by atoms with van der Waals surface area (Å²) in [6.45, 7) is 0.828. The highest BCUT2D eigenvalue weighted by atomic mass is 32.1. The monoisotopic (exact) mass is 283 g/mol. The first-order valence-electron chi connectivity index (χ1n) is 6.61. The van der Waals surface area contributed by atoms with Crippen LogP contribution in [0.25, 0.3) is 21.2 Å². The molecule has 0 radical (unpaired) electrons. The van der Waals surface area contributed by atoms with Crippen LogP contribution in [0.3, 0.4) is 0 Å². The molecule has 0 amide bonds. The highest BCUT2D eigenvalue weighted by Crippen LogP contribution is 2.35. The summed E-state index contributed by atoms with van der Waals surface area (Å²) >= 11 is 1.79. The van der Waals surface area contributed by atoms with Gasteiger partial charge in [-0.05, 0) is 52.7 Å². The zero-order chi connectivity index (χ0) is 13.9. The molecule has 1 aromatic heterocycles. The van der Waals surface area contributed by atoms with Crippen molar-refractivity contribution in [1.82, 2.24) is 5.32 Å². The van der Waals surface area contributed by atoms with Gasteiger partial charge in [-0.1, -0.05) is 24.3 Å². The molecular formula is C17H17NOS. The van der Waals surface area contributed by atoms with E-state index < -0.39 is 0 Å². The van der Waals surface area contributed by atoms with E-state index in [1.807, 2.05) is 13.1 Å². The summed E-state index contributed by atoms with van der Waals surface area (Å²) in [4.78, 5) is 0. The van der Waals surface area contributed by atoms with E-state index in [2.05, 4.69) is 47.1 Å². The Morgan fingerprint density at radius 3 is 2.80 bits per heavy atom. The lowest BCUT2D eigenvalue weighted by Gasteiger charge is -2.12. The average Bonchev–Trinajstić information content (AvgIpc) is 2.96. The van der Waals surface area contributed by atoms with Crippen LogP contribution in [0.5, 0.6) is 5.75 Å². The third-order valence-corrected chi connectivity index (χ3v) is 4.41. The van der Waals surface area contributed by atoms with Gasteiger partial charge in [0.2, 0.25) is 0 Å². The Morgan fingerprint density at radius 2 is 2.00 bits per heavy atom. The van der Waals surface area contributed by atoms with Crippen molar-refractivity contribution in [2.75, 3.05) is 14.2 Å². The van der Waals surface area contributed by atoms with Gasteiger partial charge in [0.15, 0.2) is 0 Å². The van der Waals surface area contributed by atoms with Crippen LogP contribution < -0.4 is 10.1 Å². The van der Waals surface area contributed by atoms with E-state index in [-0.39, 0.29) is 0 Å². The number of thiophene rings is 1. The van der Waals surface area contributed by atoms with Crippen LogP contribution in [-0.2, 0) is 6.54 Å². The maximum Gasteiger partial charge on any atom is 0.119 e. The normalized spacial score (nSPS) is 10.9. The van der Waals surface area contributed by atoms with Crippen LogP contribution in [0.1, 0.15) is 5.56 Å². The van der Waals surface area contributed by atoms with Gasteiger partial charge in [0.05, 0.1) is 7.11 Å². The van der Waals surface area contributed by atoms with Gasteiger partial charge in [0, 0.05) is 11.2 Å². The molecule has 3 rings (SSSR count). The SMILES string of the molecule is CNCc1cc(OC)ccc1-c1cccc2ccsc12. The highest BCUT2D eigenvalue weighted by Gasteiger charge is 2.10. The predicted octanol–water partition coefficient (Wildman–Crippen LogP) is 4.30. The Morgan fingerprint density at radius 1 is 1.10 bits per heavy atom. The smallest absolute Gasteiger partial charge is 0.119 e. The van der Waals surface area contributed by atoms with Crippen molar-refractivity contribution in [1.29, 1.82) is 0 Å². The summed E-state index contributed by atoms with van der Waals surface area (Å²) in [5.41, 5.74) is 3.83. The second kappa shape index (κ2) is 5.65. The summed E-state index contributed by atoms with van der Waals surface area (Å²) in [5.74, 6) is 0.900. The second-order valence-electron chi connectivity index (χ2n) is 4.70. The Hall–Kier alpha value is -1.84. The van der Waals surface area contributed by atoms with Gasteiger partial charge in [0.25, 0.3) is 0 Å². The maximum absolute atomic E-state index is 5.34. The van der Waals surface area contributed by atoms with Crippen LogP contribution in [0.4, 0.5) is 0 Å². The van der Waals surface area contributed by atoms with E-state index in [9.17, 15) is 0 Å². The average molecular weight is 283 g/mol. The van der Waals surface area contributed by atoms with Crippen molar-refractivity contribution < 1.29 is 4.74 Å². The molecular weight excluding hydrogens is 266 g/mol. The largest absolute Gasteiger partial charge is 0.497 e. The number of fused-ring (bicyclic) bond motifs is 1. The second-order valence-corrected chi connectivity index (χ2v) is 5.61. The number of benzene rings is 2. The van der Waals surface area contributed by atoms with E-state index in [4.69, 9.17) is 4.74 Å². The van der Waals surface area contributed by atoms with E-state index in [0.717, 1.165) is 12.3 Å². The van der Waals surface area contributed by atoms with Gasteiger partial charge in [-0.2, -0.15) is 0 Å². The predicted molar refractivity (Wildman–Crippen MR) is 86.6 cm³/mol. The lowest BCUT2D eigenvalue weighted by molar-refractivity contribution is 0.414. The molecule has 0 aliphatic carbocycles. The molecule has 0 saturated heterocycles. The quantitative estimate of drug-likeness (QED) is 0.771. The van der Waals surface area contributed by atoms with Gasteiger partial charge in [0.1, 0.15) is 5.75 Å². The molecule has 0 spiro atoms. The maximum atomic E-state index is 5.34. The molecule has 3 aromatic rings. The fourth-order valence-electron chi connectivity index (χ4n) is 2.50. The molecule has 0 saturated carbocycles. The topological polar surface area (TPSA) is 21.3 Å². The first-order chi connectivity index (χ1) is 9.83. The van der Waals surface area contributed by atoms with E-state index in [1.165, 1.54) is 26.8 Å². The Bertz CT molecular complexity index is 733. The van der Waals surface area contributed by atoms with Crippen molar-refractivity contribution in [3.63, 3.8) is 0 Å². The van der Waals surface area contributed by atoms with Crippen molar-refractivity contribution >= 4 is 21.4 Å². The molecule has 0 atom stereocenters. The molecule has 2 nitrogen and oxygen atoms in total. The Labute approximate surface area is 123 Å². The molecule has 1 N–H and O–H groups in total. The minimum absolute atomic E-state index is 0.828. The standard InChI is InChI=1S/C17H17NOS/c1-18-11-13-10-14(19-2)6-7-15(13)16-5-3-4-12-8-9-20-17(12)16/h3-10,18H,11H2,1-2H3.